The number of hydrogen-bond acceptors (Lipinski definition) is 4. The Morgan fingerprint density at radius 2 is 1.64 bits per heavy atom. The molecule has 0 saturated carbocycles. The average Bonchev–Trinajstić information content (AvgIpc) is 3.02. The van der Waals surface area contributed by atoms with Gasteiger partial charge in [-0.15, -0.1) is 11.8 Å². The maximum Gasteiger partial charge on any atom is 0.261 e. The molecule has 0 aliphatic carbocycles. The van der Waals surface area contributed by atoms with Gasteiger partial charge >= 0.3 is 0 Å². The third-order valence-electron chi connectivity index (χ3n) is 6.95. The summed E-state index contributed by atoms with van der Waals surface area (Å²) in [7, 11) is -3.89. The van der Waals surface area contributed by atoms with Crippen molar-refractivity contribution in [2.24, 2.45) is 0 Å². The lowest BCUT2D eigenvalue weighted by molar-refractivity contribution is 0.0758. The Kier molecular flexibility index (Phi) is 6.99. The number of hydrogen-bond donors (Lipinski definition) is 1. The molecule has 188 valence electrons. The van der Waals surface area contributed by atoms with E-state index in [0.29, 0.717) is 24.3 Å². The van der Waals surface area contributed by atoms with Crippen LogP contribution < -0.4 is 4.72 Å². The number of aromatic nitrogens is 1. The number of likely N-dealkylation sites (tertiary alicyclic amines) is 1. The van der Waals surface area contributed by atoms with Gasteiger partial charge in [0, 0.05) is 52.0 Å². The third kappa shape index (κ3) is 4.60. The Balaban J connectivity index is 1.49. The van der Waals surface area contributed by atoms with E-state index in [-0.39, 0.29) is 10.8 Å². The van der Waals surface area contributed by atoms with Gasteiger partial charge in [0.2, 0.25) is 0 Å². The fourth-order valence-electron chi connectivity index (χ4n) is 5.14. The van der Waals surface area contributed by atoms with Gasteiger partial charge in [-0.3, -0.25) is 9.52 Å². The molecular formula is C28H31N3O3S2. The molecule has 8 heteroatoms. The van der Waals surface area contributed by atoms with E-state index in [1.807, 2.05) is 35.4 Å². The Labute approximate surface area is 216 Å². The van der Waals surface area contributed by atoms with Crippen molar-refractivity contribution in [3.63, 3.8) is 0 Å². The molecule has 0 atom stereocenters. The van der Waals surface area contributed by atoms with Crippen LogP contribution in [0.3, 0.4) is 0 Å². The highest BCUT2D eigenvalue weighted by atomic mass is 32.2. The summed E-state index contributed by atoms with van der Waals surface area (Å²) >= 11 is 1.46. The van der Waals surface area contributed by atoms with Crippen LogP contribution in [0.1, 0.15) is 43.0 Å². The highest BCUT2D eigenvalue weighted by Gasteiger charge is 2.24. The fraction of sp³-hybridized carbons (Fsp3) is 0.321. The average molecular weight is 522 g/mol. The summed E-state index contributed by atoms with van der Waals surface area (Å²) < 4.78 is 31.8. The number of thioether (sulfide) groups is 1. The lowest BCUT2D eigenvalue weighted by atomic mass is 10.1. The molecule has 2 heterocycles. The number of aryl methyl sites for hydroxylation is 1. The Bertz CT molecular complexity index is 1530. The lowest BCUT2D eigenvalue weighted by Gasteiger charge is -2.22. The number of anilines is 1. The van der Waals surface area contributed by atoms with Gasteiger partial charge in [-0.2, -0.15) is 0 Å². The number of para-hydroxylation sites is 1. The van der Waals surface area contributed by atoms with E-state index < -0.39 is 10.0 Å². The summed E-state index contributed by atoms with van der Waals surface area (Å²) in [5.41, 5.74) is 3.14. The van der Waals surface area contributed by atoms with Gasteiger partial charge in [0.25, 0.3) is 15.9 Å². The number of carbonyl (C=O) groups excluding carboxylic acids is 1. The Hall–Kier alpha value is -2.97. The normalized spacial score (nSPS) is 14.8. The summed E-state index contributed by atoms with van der Waals surface area (Å²) in [5.74, 6) is -0.0907. The predicted octanol–water partition coefficient (Wildman–Crippen LogP) is 6.35. The van der Waals surface area contributed by atoms with Crippen molar-refractivity contribution >= 4 is 55.2 Å². The molecule has 36 heavy (non-hydrogen) atoms. The van der Waals surface area contributed by atoms with Gasteiger partial charge in [0.15, 0.2) is 0 Å². The zero-order valence-corrected chi connectivity index (χ0v) is 22.3. The molecule has 1 fully saturated rings. The minimum atomic E-state index is -3.89. The van der Waals surface area contributed by atoms with Crippen molar-refractivity contribution in [2.45, 2.75) is 48.9 Å². The van der Waals surface area contributed by atoms with E-state index in [9.17, 15) is 13.2 Å². The van der Waals surface area contributed by atoms with E-state index in [2.05, 4.69) is 28.3 Å². The summed E-state index contributed by atoms with van der Waals surface area (Å²) in [4.78, 5) is 16.1. The molecule has 0 bridgehead atoms. The smallest absolute Gasteiger partial charge is 0.261 e. The second-order valence-electron chi connectivity index (χ2n) is 9.17. The van der Waals surface area contributed by atoms with Gasteiger partial charge in [-0.25, -0.2) is 8.42 Å². The molecule has 1 amide bonds. The molecule has 1 saturated heterocycles. The molecule has 1 aliphatic heterocycles. The van der Waals surface area contributed by atoms with Crippen LogP contribution in [0, 0.1) is 0 Å². The van der Waals surface area contributed by atoms with Crippen molar-refractivity contribution in [1.29, 1.82) is 0 Å². The molecule has 4 aromatic rings. The molecule has 0 unspecified atom stereocenters. The van der Waals surface area contributed by atoms with E-state index >= 15 is 0 Å². The largest absolute Gasteiger partial charge is 0.341 e. The number of carbonyl (C=O) groups is 1. The summed E-state index contributed by atoms with van der Waals surface area (Å²) in [6.07, 6.45) is 6.12. The fourth-order valence-corrected chi connectivity index (χ4v) is 6.78. The maximum absolute atomic E-state index is 13.4. The molecule has 0 radical (unpaired) electrons. The van der Waals surface area contributed by atoms with Crippen LogP contribution in [0.2, 0.25) is 0 Å². The van der Waals surface area contributed by atoms with Crippen molar-refractivity contribution in [2.75, 3.05) is 24.1 Å². The van der Waals surface area contributed by atoms with E-state index in [0.717, 1.165) is 58.9 Å². The second-order valence-corrected chi connectivity index (χ2v) is 11.7. The molecule has 3 aromatic carbocycles. The first-order chi connectivity index (χ1) is 17.4. The third-order valence-corrected chi connectivity index (χ3v) is 9.12. The molecule has 1 N–H and O–H groups in total. The predicted molar refractivity (Wildman–Crippen MR) is 149 cm³/mol. The number of nitrogens with one attached hydrogen (secondary N) is 1. The Morgan fingerprint density at radius 1 is 0.917 bits per heavy atom. The monoisotopic (exact) mass is 521 g/mol. The standard InChI is InChI=1S/C28H31N3O3S2/c1-3-31-25-11-7-6-10-22(25)23-18-20(12-14-26(23)31)29-36(33,34)21-13-15-27(35-2)24(19-21)28(32)30-16-8-4-5-9-17-30/h6-7,10-15,18-19,29H,3-5,8-9,16-17H2,1-2H3. The van der Waals surface area contributed by atoms with Crippen molar-refractivity contribution in [3.05, 3.63) is 66.2 Å². The Morgan fingerprint density at radius 3 is 2.36 bits per heavy atom. The highest BCUT2D eigenvalue weighted by molar-refractivity contribution is 7.98. The van der Waals surface area contributed by atoms with Crippen LogP contribution in [0.15, 0.2) is 70.5 Å². The second kappa shape index (κ2) is 10.2. The molecular weight excluding hydrogens is 490 g/mol. The lowest BCUT2D eigenvalue weighted by Crippen LogP contribution is -2.32. The molecule has 5 rings (SSSR count). The van der Waals surface area contributed by atoms with Gasteiger partial charge < -0.3 is 9.47 Å². The summed E-state index contributed by atoms with van der Waals surface area (Å²) in [6.45, 7) is 4.36. The zero-order valence-electron chi connectivity index (χ0n) is 20.7. The minimum absolute atomic E-state index is 0.0907. The van der Waals surface area contributed by atoms with Crippen LogP contribution in [-0.2, 0) is 16.6 Å². The van der Waals surface area contributed by atoms with Gasteiger partial charge in [0.05, 0.1) is 10.5 Å². The van der Waals surface area contributed by atoms with Crippen LogP contribution in [0.4, 0.5) is 5.69 Å². The molecule has 1 aromatic heterocycles. The van der Waals surface area contributed by atoms with E-state index in [4.69, 9.17) is 0 Å². The first-order valence-electron chi connectivity index (χ1n) is 12.4. The van der Waals surface area contributed by atoms with Gasteiger partial charge in [0.1, 0.15) is 0 Å². The van der Waals surface area contributed by atoms with E-state index in [1.165, 1.54) is 17.8 Å². The first-order valence-corrected chi connectivity index (χ1v) is 15.1. The van der Waals surface area contributed by atoms with Gasteiger partial charge in [-0.05, 0) is 68.5 Å². The number of nitrogens with zero attached hydrogens (tertiary/aromatic N) is 2. The number of sulfonamides is 1. The van der Waals surface area contributed by atoms with E-state index in [1.54, 1.807) is 18.2 Å². The van der Waals surface area contributed by atoms with Crippen molar-refractivity contribution in [1.82, 2.24) is 9.47 Å². The topological polar surface area (TPSA) is 71.4 Å². The summed E-state index contributed by atoms with van der Waals surface area (Å²) in [5, 5.41) is 2.09. The summed E-state index contributed by atoms with van der Waals surface area (Å²) in [6, 6.07) is 18.6. The van der Waals surface area contributed by atoms with Crippen molar-refractivity contribution < 1.29 is 13.2 Å². The number of benzene rings is 3. The minimum Gasteiger partial charge on any atom is -0.341 e. The number of rotatable bonds is 6. The highest BCUT2D eigenvalue weighted by Crippen LogP contribution is 2.32. The van der Waals surface area contributed by atoms with Crippen LogP contribution in [-0.4, -0.2) is 43.1 Å². The zero-order chi connectivity index (χ0) is 25.3. The number of fused-ring (bicyclic) bond motifs is 3. The van der Waals surface area contributed by atoms with Gasteiger partial charge in [-0.1, -0.05) is 31.0 Å². The molecule has 6 nitrogen and oxygen atoms in total. The first kappa shape index (κ1) is 24.7. The quantitative estimate of drug-likeness (QED) is 0.300. The van der Waals surface area contributed by atoms with Crippen molar-refractivity contribution in [3.8, 4) is 0 Å². The number of amides is 1. The SMILES string of the molecule is CCn1c2ccccc2c2cc(NS(=O)(=O)c3ccc(SC)c(C(=O)N4CCCCCC4)c3)ccc21. The maximum atomic E-state index is 13.4. The molecule has 1 aliphatic rings. The van der Waals surface area contributed by atoms with Crippen LogP contribution in [0.5, 0.6) is 0 Å². The van der Waals surface area contributed by atoms with Crippen LogP contribution in [0.25, 0.3) is 21.8 Å². The molecule has 0 spiro atoms. The van der Waals surface area contributed by atoms with Crippen LogP contribution >= 0.6 is 11.8 Å².